The molecule has 2 unspecified atom stereocenters. The summed E-state index contributed by atoms with van der Waals surface area (Å²) in [4.78, 5) is 14.4. The molecule has 0 aliphatic carbocycles. The van der Waals surface area contributed by atoms with E-state index in [1.165, 1.54) is 11.8 Å². The van der Waals surface area contributed by atoms with E-state index < -0.39 is 15.1 Å². The first-order chi connectivity index (χ1) is 13.2. The van der Waals surface area contributed by atoms with Crippen molar-refractivity contribution in [3.05, 3.63) is 29.3 Å². The van der Waals surface area contributed by atoms with Crippen molar-refractivity contribution in [2.75, 3.05) is 18.6 Å². The van der Waals surface area contributed by atoms with Crippen LogP contribution in [0.2, 0.25) is 5.02 Å². The number of carbonyl (C=O) groups excluding carboxylic acids is 1. The molecule has 7 nitrogen and oxygen atoms in total. The SMILES string of the molecule is CCn1c(SC(C)C(=O)N(C)C2CCS(=O)(=O)C2)nnc1-c1ccc(Cl)cc1. The predicted octanol–water partition coefficient (Wildman–Crippen LogP) is 2.74. The van der Waals surface area contributed by atoms with Crippen molar-refractivity contribution in [2.45, 2.75) is 43.3 Å². The van der Waals surface area contributed by atoms with Gasteiger partial charge in [-0.1, -0.05) is 23.4 Å². The highest BCUT2D eigenvalue weighted by atomic mass is 35.5. The van der Waals surface area contributed by atoms with Crippen LogP contribution in [0, 0.1) is 0 Å². The highest BCUT2D eigenvalue weighted by Crippen LogP contribution is 2.29. The second kappa shape index (κ2) is 8.42. The Kier molecular flexibility index (Phi) is 6.36. The third-order valence-corrected chi connectivity index (χ3v) is 7.94. The fourth-order valence-electron chi connectivity index (χ4n) is 3.23. The van der Waals surface area contributed by atoms with Crippen LogP contribution in [-0.2, 0) is 21.2 Å². The van der Waals surface area contributed by atoms with Gasteiger partial charge in [0, 0.05) is 30.2 Å². The molecule has 1 saturated heterocycles. The van der Waals surface area contributed by atoms with E-state index in [9.17, 15) is 13.2 Å². The second-order valence-corrected chi connectivity index (χ2v) is 10.8. The molecule has 10 heteroatoms. The van der Waals surface area contributed by atoms with Crippen LogP contribution in [-0.4, -0.2) is 63.8 Å². The minimum atomic E-state index is -3.04. The molecule has 1 amide bonds. The summed E-state index contributed by atoms with van der Waals surface area (Å²) in [6, 6.07) is 7.12. The van der Waals surface area contributed by atoms with Gasteiger partial charge in [0.1, 0.15) is 0 Å². The van der Waals surface area contributed by atoms with Crippen LogP contribution in [0.25, 0.3) is 11.4 Å². The molecule has 1 aromatic heterocycles. The number of rotatable bonds is 6. The molecule has 1 fully saturated rings. The van der Waals surface area contributed by atoms with Crippen LogP contribution in [0.5, 0.6) is 0 Å². The zero-order chi connectivity index (χ0) is 20.5. The first-order valence-corrected chi connectivity index (χ1v) is 12.1. The summed E-state index contributed by atoms with van der Waals surface area (Å²) >= 11 is 7.29. The van der Waals surface area contributed by atoms with Gasteiger partial charge in [-0.25, -0.2) is 8.42 Å². The van der Waals surface area contributed by atoms with E-state index in [0.29, 0.717) is 23.1 Å². The van der Waals surface area contributed by atoms with Crippen LogP contribution >= 0.6 is 23.4 Å². The molecule has 2 atom stereocenters. The topological polar surface area (TPSA) is 85.2 Å². The van der Waals surface area contributed by atoms with Crippen LogP contribution in [0.4, 0.5) is 0 Å². The van der Waals surface area contributed by atoms with Gasteiger partial charge in [-0.2, -0.15) is 0 Å². The molecule has 1 aromatic carbocycles. The Morgan fingerprint density at radius 1 is 1.36 bits per heavy atom. The average Bonchev–Trinajstić information content (AvgIpc) is 3.23. The van der Waals surface area contributed by atoms with Gasteiger partial charge in [0.2, 0.25) is 5.91 Å². The number of hydrogen-bond donors (Lipinski definition) is 0. The molecule has 0 radical (unpaired) electrons. The maximum Gasteiger partial charge on any atom is 0.235 e. The molecule has 1 aliphatic heterocycles. The molecular weight excluding hydrogens is 420 g/mol. The number of nitrogens with zero attached hydrogens (tertiary/aromatic N) is 4. The highest BCUT2D eigenvalue weighted by molar-refractivity contribution is 8.00. The summed E-state index contributed by atoms with van der Waals surface area (Å²) in [6.07, 6.45) is 0.494. The Morgan fingerprint density at radius 3 is 2.61 bits per heavy atom. The number of carbonyl (C=O) groups is 1. The molecule has 2 heterocycles. The summed E-state index contributed by atoms with van der Waals surface area (Å²) in [5.41, 5.74) is 0.901. The van der Waals surface area contributed by atoms with Crippen LogP contribution < -0.4 is 0 Å². The van der Waals surface area contributed by atoms with Crippen molar-refractivity contribution < 1.29 is 13.2 Å². The third kappa shape index (κ3) is 4.52. The van der Waals surface area contributed by atoms with Crippen molar-refractivity contribution in [3.63, 3.8) is 0 Å². The molecule has 0 spiro atoms. The van der Waals surface area contributed by atoms with Gasteiger partial charge in [-0.15, -0.1) is 10.2 Å². The molecule has 28 heavy (non-hydrogen) atoms. The Hall–Kier alpha value is -1.58. The molecule has 0 bridgehead atoms. The zero-order valence-corrected chi connectivity index (χ0v) is 18.4. The number of sulfone groups is 1. The molecule has 2 aromatic rings. The lowest BCUT2D eigenvalue weighted by Crippen LogP contribution is -2.41. The van der Waals surface area contributed by atoms with E-state index in [1.54, 1.807) is 24.1 Å². The second-order valence-electron chi connectivity index (χ2n) is 6.82. The number of aromatic nitrogens is 3. The molecule has 0 N–H and O–H groups in total. The molecule has 0 saturated carbocycles. The van der Waals surface area contributed by atoms with E-state index in [4.69, 9.17) is 11.6 Å². The zero-order valence-electron chi connectivity index (χ0n) is 16.0. The van der Waals surface area contributed by atoms with Crippen molar-refractivity contribution in [1.29, 1.82) is 0 Å². The van der Waals surface area contributed by atoms with Crippen LogP contribution in [0.3, 0.4) is 0 Å². The number of halogens is 1. The summed E-state index contributed by atoms with van der Waals surface area (Å²) in [6.45, 7) is 4.46. The summed E-state index contributed by atoms with van der Waals surface area (Å²) < 4.78 is 25.4. The third-order valence-electron chi connectivity index (χ3n) is 4.87. The van der Waals surface area contributed by atoms with Crippen LogP contribution in [0.1, 0.15) is 20.3 Å². The standard InChI is InChI=1S/C18H23ClN4O3S2/c1-4-23-16(13-5-7-14(19)8-6-13)20-21-18(23)27-12(2)17(24)22(3)15-9-10-28(25,26)11-15/h5-8,12,15H,4,9-11H2,1-3H3. The molecule has 3 rings (SSSR count). The fraction of sp³-hybridized carbons (Fsp3) is 0.500. The quantitative estimate of drug-likeness (QED) is 0.639. The Labute approximate surface area is 174 Å². The van der Waals surface area contributed by atoms with Gasteiger partial charge in [0.25, 0.3) is 0 Å². The van der Waals surface area contributed by atoms with Gasteiger partial charge < -0.3 is 9.47 Å². The molecule has 1 aliphatic rings. The summed E-state index contributed by atoms with van der Waals surface area (Å²) in [7, 11) is -1.36. The Balaban J connectivity index is 1.74. The van der Waals surface area contributed by atoms with Crippen molar-refractivity contribution in [3.8, 4) is 11.4 Å². The normalized spacial score (nSPS) is 19.5. The van der Waals surface area contributed by atoms with E-state index in [1.807, 2.05) is 30.5 Å². The van der Waals surface area contributed by atoms with Gasteiger partial charge in [-0.05, 0) is 44.5 Å². The van der Waals surface area contributed by atoms with Crippen molar-refractivity contribution >= 4 is 39.1 Å². The van der Waals surface area contributed by atoms with E-state index >= 15 is 0 Å². The Bertz CT molecular complexity index is 960. The highest BCUT2D eigenvalue weighted by Gasteiger charge is 2.34. The number of benzene rings is 1. The number of amides is 1. The minimum absolute atomic E-state index is 0.0402. The first-order valence-electron chi connectivity index (χ1n) is 9.04. The molecule has 152 valence electrons. The number of thioether (sulfide) groups is 1. The van der Waals surface area contributed by atoms with Crippen molar-refractivity contribution in [1.82, 2.24) is 19.7 Å². The van der Waals surface area contributed by atoms with Gasteiger partial charge >= 0.3 is 0 Å². The maximum atomic E-state index is 12.8. The van der Waals surface area contributed by atoms with E-state index in [-0.39, 0.29) is 23.5 Å². The van der Waals surface area contributed by atoms with Gasteiger partial charge in [-0.3, -0.25) is 4.79 Å². The minimum Gasteiger partial charge on any atom is -0.341 e. The number of hydrogen-bond acceptors (Lipinski definition) is 6. The lowest BCUT2D eigenvalue weighted by atomic mass is 10.2. The van der Waals surface area contributed by atoms with Gasteiger partial charge in [0.15, 0.2) is 20.8 Å². The average molecular weight is 443 g/mol. The predicted molar refractivity (Wildman–Crippen MR) is 111 cm³/mol. The Morgan fingerprint density at radius 2 is 2.04 bits per heavy atom. The first kappa shape index (κ1) is 21.1. The molecular formula is C18H23ClN4O3S2. The van der Waals surface area contributed by atoms with Crippen molar-refractivity contribution in [2.24, 2.45) is 0 Å². The van der Waals surface area contributed by atoms with E-state index in [0.717, 1.165) is 11.4 Å². The fourth-order valence-corrected chi connectivity index (χ4v) is 6.14. The largest absolute Gasteiger partial charge is 0.341 e. The lowest BCUT2D eigenvalue weighted by Gasteiger charge is -2.26. The van der Waals surface area contributed by atoms with Crippen LogP contribution in [0.15, 0.2) is 29.4 Å². The summed E-state index contributed by atoms with van der Waals surface area (Å²) in [5, 5.41) is 9.45. The maximum absolute atomic E-state index is 12.8. The smallest absolute Gasteiger partial charge is 0.235 e. The summed E-state index contributed by atoms with van der Waals surface area (Å²) in [5.74, 6) is 0.798. The van der Waals surface area contributed by atoms with Gasteiger partial charge in [0.05, 0.1) is 16.8 Å². The lowest BCUT2D eigenvalue weighted by molar-refractivity contribution is -0.130. The van der Waals surface area contributed by atoms with E-state index in [2.05, 4.69) is 10.2 Å². The monoisotopic (exact) mass is 442 g/mol.